The third kappa shape index (κ3) is 7.12. The van der Waals surface area contributed by atoms with Crippen molar-refractivity contribution in [2.24, 2.45) is 0 Å². The zero-order chi connectivity index (χ0) is 21.8. The Morgan fingerprint density at radius 1 is 1.13 bits per heavy atom. The summed E-state index contributed by atoms with van der Waals surface area (Å²) in [5, 5.41) is 13.1. The number of nitrogens with one attached hydrogen (secondary N) is 1. The highest BCUT2D eigenvalue weighted by Gasteiger charge is 2.17. The van der Waals surface area contributed by atoms with Crippen molar-refractivity contribution in [2.75, 3.05) is 13.2 Å². The summed E-state index contributed by atoms with van der Waals surface area (Å²) in [6.45, 7) is 2.83. The number of aldehydes is 1. The first-order valence-electron chi connectivity index (χ1n) is 10.3. The van der Waals surface area contributed by atoms with Crippen LogP contribution in [0.3, 0.4) is 0 Å². The summed E-state index contributed by atoms with van der Waals surface area (Å²) < 4.78 is 4.92. The smallest absolute Gasteiger partial charge is 0.336 e. The molecule has 2 N–H and O–H groups in total. The first kappa shape index (κ1) is 23.3. The third-order valence-electron chi connectivity index (χ3n) is 4.84. The molecule has 0 spiro atoms. The van der Waals surface area contributed by atoms with Crippen molar-refractivity contribution in [3.63, 3.8) is 0 Å². The van der Waals surface area contributed by atoms with Crippen LogP contribution in [0, 0.1) is 0 Å². The van der Waals surface area contributed by atoms with Crippen molar-refractivity contribution >= 4 is 18.2 Å². The topological polar surface area (TPSA) is 92.7 Å². The quantitative estimate of drug-likeness (QED) is 0.288. The van der Waals surface area contributed by atoms with Gasteiger partial charge in [0.15, 0.2) is 0 Å². The fourth-order valence-corrected chi connectivity index (χ4v) is 3.35. The Balaban J connectivity index is 2.10. The van der Waals surface area contributed by atoms with E-state index in [9.17, 15) is 19.5 Å². The number of hydrogen-bond acceptors (Lipinski definition) is 5. The molecule has 2 aromatic rings. The summed E-state index contributed by atoms with van der Waals surface area (Å²) in [5.74, 6) is -1.18. The zero-order valence-corrected chi connectivity index (χ0v) is 17.3. The normalized spacial score (nSPS) is 11.6. The molecule has 0 radical (unpaired) electrons. The van der Waals surface area contributed by atoms with Crippen molar-refractivity contribution in [3.05, 3.63) is 59.7 Å². The van der Waals surface area contributed by atoms with Crippen LogP contribution in [0.4, 0.5) is 0 Å². The average molecular weight is 411 g/mol. The predicted molar refractivity (Wildman–Crippen MR) is 115 cm³/mol. The molecule has 0 bridgehead atoms. The minimum atomic E-state index is -0.987. The first-order chi connectivity index (χ1) is 14.6. The number of benzene rings is 2. The van der Waals surface area contributed by atoms with Gasteiger partial charge >= 0.3 is 11.9 Å². The van der Waals surface area contributed by atoms with Gasteiger partial charge in [-0.25, -0.2) is 4.79 Å². The number of carboxylic acids is 1. The van der Waals surface area contributed by atoms with E-state index in [1.807, 2.05) is 42.5 Å². The molecule has 0 aliphatic heterocycles. The number of rotatable bonds is 13. The molecular formula is C24H29NO5. The number of aromatic carboxylic acids is 1. The predicted octanol–water partition coefficient (Wildman–Crippen LogP) is 4.40. The summed E-state index contributed by atoms with van der Waals surface area (Å²) in [7, 11) is 0. The molecule has 0 fully saturated rings. The number of hydrogen-bond donors (Lipinski definition) is 2. The number of carbonyl (C=O) groups excluding carboxylic acids is 2. The summed E-state index contributed by atoms with van der Waals surface area (Å²) in [5.41, 5.74) is 2.58. The molecule has 6 nitrogen and oxygen atoms in total. The van der Waals surface area contributed by atoms with Crippen LogP contribution in [0.25, 0.3) is 11.1 Å². The lowest BCUT2D eigenvalue weighted by Crippen LogP contribution is -2.23. The number of ether oxygens (including phenoxy) is 1. The highest BCUT2D eigenvalue weighted by atomic mass is 16.5. The Bertz CT molecular complexity index is 835. The summed E-state index contributed by atoms with van der Waals surface area (Å²) in [4.78, 5) is 34.2. The van der Waals surface area contributed by atoms with Gasteiger partial charge < -0.3 is 20.0 Å². The van der Waals surface area contributed by atoms with Crippen LogP contribution in [0.5, 0.6) is 0 Å². The van der Waals surface area contributed by atoms with Crippen LogP contribution in [0.2, 0.25) is 0 Å². The molecule has 6 heteroatoms. The van der Waals surface area contributed by atoms with E-state index in [-0.39, 0.29) is 17.6 Å². The van der Waals surface area contributed by atoms with Crippen LogP contribution < -0.4 is 5.32 Å². The molecule has 0 amide bonds. The maximum Gasteiger partial charge on any atom is 0.336 e. The molecule has 0 aliphatic carbocycles. The molecule has 1 unspecified atom stereocenters. The molecule has 1 atom stereocenters. The molecule has 160 valence electrons. The van der Waals surface area contributed by atoms with Crippen molar-refractivity contribution in [3.8, 4) is 11.1 Å². The maximum absolute atomic E-state index is 11.9. The summed E-state index contributed by atoms with van der Waals surface area (Å²) >= 11 is 0. The van der Waals surface area contributed by atoms with E-state index in [2.05, 4.69) is 5.32 Å². The number of carbonyl (C=O) groups is 3. The molecule has 30 heavy (non-hydrogen) atoms. The van der Waals surface area contributed by atoms with E-state index in [1.165, 1.54) is 0 Å². The monoisotopic (exact) mass is 411 g/mol. The lowest BCUT2D eigenvalue weighted by molar-refractivity contribution is -0.143. The number of esters is 1. The molecular weight excluding hydrogens is 382 g/mol. The Labute approximate surface area is 177 Å². The summed E-state index contributed by atoms with van der Waals surface area (Å²) in [6, 6.07) is 14.7. The first-order valence-corrected chi connectivity index (χ1v) is 10.3. The van der Waals surface area contributed by atoms with E-state index in [4.69, 9.17) is 4.74 Å². The molecule has 0 aromatic heterocycles. The van der Waals surface area contributed by atoms with Gasteiger partial charge in [-0.3, -0.25) is 4.79 Å². The van der Waals surface area contributed by atoms with E-state index < -0.39 is 5.97 Å². The van der Waals surface area contributed by atoms with Gasteiger partial charge in [-0.15, -0.1) is 0 Å². The van der Waals surface area contributed by atoms with Crippen LogP contribution >= 0.6 is 0 Å². The van der Waals surface area contributed by atoms with Gasteiger partial charge in [-0.05, 0) is 55.5 Å². The summed E-state index contributed by atoms with van der Waals surface area (Å²) in [6.07, 6.45) is 3.69. The lowest BCUT2D eigenvalue weighted by atomic mass is 9.93. The van der Waals surface area contributed by atoms with Gasteiger partial charge in [0.1, 0.15) is 6.29 Å². The van der Waals surface area contributed by atoms with Gasteiger partial charge in [0.05, 0.1) is 12.2 Å². The second-order valence-electron chi connectivity index (χ2n) is 6.99. The van der Waals surface area contributed by atoms with Crippen molar-refractivity contribution in [2.45, 2.75) is 45.1 Å². The zero-order valence-electron chi connectivity index (χ0n) is 17.3. The maximum atomic E-state index is 11.9. The molecule has 2 aromatic carbocycles. The Morgan fingerprint density at radius 3 is 2.57 bits per heavy atom. The van der Waals surface area contributed by atoms with Gasteiger partial charge in [0.2, 0.25) is 0 Å². The number of unbranched alkanes of at least 4 members (excludes halogenated alkanes) is 1. The lowest BCUT2D eigenvalue weighted by Gasteiger charge is -2.20. The minimum Gasteiger partial charge on any atom is -0.478 e. The van der Waals surface area contributed by atoms with E-state index >= 15 is 0 Å². The van der Waals surface area contributed by atoms with Crippen LogP contribution in [-0.4, -0.2) is 36.5 Å². The standard InChI is InChI=1S/C24H29NO5/c1-2-30-23(27)12-6-7-15-25-22(11-8-16-26)19-13-14-20(21(17-19)24(28)29)18-9-4-3-5-10-18/h3-5,9-10,13-14,16-17,22,25H,2,6-8,11-12,15H2,1H3,(H,28,29). The van der Waals surface area contributed by atoms with E-state index in [0.717, 1.165) is 23.8 Å². The third-order valence-corrected chi connectivity index (χ3v) is 4.84. The number of carboxylic acid groups (broad SMARTS) is 1. The van der Waals surface area contributed by atoms with Crippen LogP contribution in [0.15, 0.2) is 48.5 Å². The second kappa shape index (κ2) is 12.5. The van der Waals surface area contributed by atoms with Crippen LogP contribution in [0.1, 0.15) is 61.0 Å². The van der Waals surface area contributed by atoms with Crippen LogP contribution in [-0.2, 0) is 14.3 Å². The average Bonchev–Trinajstić information content (AvgIpc) is 2.76. The molecule has 0 saturated carbocycles. The molecule has 0 saturated heterocycles. The van der Waals surface area contributed by atoms with Crippen molar-refractivity contribution in [1.29, 1.82) is 0 Å². The fourth-order valence-electron chi connectivity index (χ4n) is 3.35. The second-order valence-corrected chi connectivity index (χ2v) is 6.99. The minimum absolute atomic E-state index is 0.138. The molecule has 2 rings (SSSR count). The highest BCUT2D eigenvalue weighted by molar-refractivity contribution is 5.96. The van der Waals surface area contributed by atoms with E-state index in [1.54, 1.807) is 13.0 Å². The Kier molecular flexibility index (Phi) is 9.74. The molecule has 0 aliphatic rings. The van der Waals surface area contributed by atoms with Gasteiger partial charge in [-0.2, -0.15) is 0 Å². The van der Waals surface area contributed by atoms with Crippen molar-refractivity contribution < 1.29 is 24.2 Å². The highest BCUT2D eigenvalue weighted by Crippen LogP contribution is 2.28. The Morgan fingerprint density at radius 2 is 1.90 bits per heavy atom. The molecule has 0 heterocycles. The fraction of sp³-hybridized carbons (Fsp3) is 0.375. The van der Waals surface area contributed by atoms with Gasteiger partial charge in [0.25, 0.3) is 0 Å². The van der Waals surface area contributed by atoms with Gasteiger partial charge in [0, 0.05) is 18.9 Å². The van der Waals surface area contributed by atoms with Crippen molar-refractivity contribution in [1.82, 2.24) is 5.32 Å². The van der Waals surface area contributed by atoms with E-state index in [0.29, 0.717) is 44.4 Å². The Hall–Kier alpha value is -2.99. The largest absolute Gasteiger partial charge is 0.478 e. The van der Waals surface area contributed by atoms with Gasteiger partial charge in [-0.1, -0.05) is 42.5 Å². The SMILES string of the molecule is CCOC(=O)CCCCNC(CCC=O)c1ccc(-c2ccccc2)c(C(=O)O)c1.